The molecule has 0 unspecified atom stereocenters. The molecule has 3 aromatic rings. The van der Waals surface area contributed by atoms with E-state index >= 15 is 0 Å². The second kappa shape index (κ2) is 9.00. The van der Waals surface area contributed by atoms with Crippen molar-refractivity contribution in [3.8, 4) is 0 Å². The van der Waals surface area contributed by atoms with Crippen LogP contribution in [0.15, 0.2) is 47.8 Å². The zero-order chi connectivity index (χ0) is 20.9. The number of para-hydroxylation sites is 2. The Morgan fingerprint density at radius 3 is 2.87 bits per heavy atom. The minimum atomic E-state index is -0.688. The van der Waals surface area contributed by atoms with Crippen molar-refractivity contribution in [1.82, 2.24) is 14.5 Å². The molecule has 8 nitrogen and oxygen atoms in total. The fourth-order valence-electron chi connectivity index (χ4n) is 3.53. The van der Waals surface area contributed by atoms with E-state index in [2.05, 4.69) is 14.7 Å². The van der Waals surface area contributed by atoms with Crippen LogP contribution in [0.1, 0.15) is 24.2 Å². The lowest BCUT2D eigenvalue weighted by atomic mass is 10.2. The van der Waals surface area contributed by atoms with Gasteiger partial charge in [0.15, 0.2) is 5.71 Å². The fourth-order valence-corrected chi connectivity index (χ4v) is 3.53. The number of rotatable bonds is 9. The number of aromatic nitrogens is 3. The molecule has 30 heavy (non-hydrogen) atoms. The van der Waals surface area contributed by atoms with E-state index in [0.29, 0.717) is 30.2 Å². The van der Waals surface area contributed by atoms with E-state index in [-0.39, 0.29) is 31.4 Å². The van der Waals surface area contributed by atoms with E-state index in [0.717, 1.165) is 17.5 Å². The molecule has 0 aliphatic carbocycles. The van der Waals surface area contributed by atoms with Crippen LogP contribution in [0.4, 0.5) is 10.2 Å². The SMILES string of the molecule is O=C1C(=NOCCF)c2cccnc2N1Cc1nc2ccccc2n1CCCCO. The van der Waals surface area contributed by atoms with Crippen LogP contribution < -0.4 is 4.90 Å². The first-order valence-corrected chi connectivity index (χ1v) is 9.82. The van der Waals surface area contributed by atoms with Crippen LogP contribution in [0.25, 0.3) is 11.0 Å². The Hall–Kier alpha value is -3.33. The van der Waals surface area contributed by atoms with Crippen LogP contribution in [0.2, 0.25) is 0 Å². The Morgan fingerprint density at radius 1 is 1.17 bits per heavy atom. The largest absolute Gasteiger partial charge is 0.396 e. The average Bonchev–Trinajstić information content (AvgIpc) is 3.25. The number of anilines is 1. The molecule has 0 bridgehead atoms. The van der Waals surface area contributed by atoms with Crippen molar-refractivity contribution in [3.05, 3.63) is 54.0 Å². The fraction of sp³-hybridized carbons (Fsp3) is 0.333. The van der Waals surface area contributed by atoms with Gasteiger partial charge in [-0.25, -0.2) is 14.4 Å². The summed E-state index contributed by atoms with van der Waals surface area (Å²) in [6.45, 7) is 0.106. The van der Waals surface area contributed by atoms with Gasteiger partial charge in [0.2, 0.25) is 0 Å². The van der Waals surface area contributed by atoms with E-state index in [1.54, 1.807) is 18.3 Å². The molecule has 1 aliphatic heterocycles. The number of nitrogens with zero attached hydrogens (tertiary/aromatic N) is 5. The monoisotopic (exact) mass is 411 g/mol. The molecule has 1 N–H and O–H groups in total. The molecule has 0 spiro atoms. The number of hydrogen-bond acceptors (Lipinski definition) is 6. The first kappa shape index (κ1) is 20.0. The van der Waals surface area contributed by atoms with E-state index in [1.165, 1.54) is 4.90 Å². The first-order valence-electron chi connectivity index (χ1n) is 9.82. The lowest BCUT2D eigenvalue weighted by Gasteiger charge is -2.17. The topological polar surface area (TPSA) is 92.8 Å². The molecule has 2 aromatic heterocycles. The summed E-state index contributed by atoms with van der Waals surface area (Å²) in [4.78, 5) is 28.6. The maximum absolute atomic E-state index is 13.1. The van der Waals surface area contributed by atoms with Crippen LogP contribution in [0.5, 0.6) is 0 Å². The number of oxime groups is 1. The highest BCUT2D eigenvalue weighted by atomic mass is 19.1. The molecule has 0 fully saturated rings. The number of benzene rings is 1. The summed E-state index contributed by atoms with van der Waals surface area (Å²) in [7, 11) is 0. The number of halogens is 1. The van der Waals surface area contributed by atoms with Gasteiger partial charge in [-0.2, -0.15) is 0 Å². The van der Waals surface area contributed by atoms with Crippen molar-refractivity contribution in [1.29, 1.82) is 0 Å². The number of aliphatic hydroxyl groups is 1. The number of alkyl halides is 1. The maximum Gasteiger partial charge on any atom is 0.282 e. The Morgan fingerprint density at radius 2 is 2.03 bits per heavy atom. The number of amides is 1. The third-order valence-electron chi connectivity index (χ3n) is 4.89. The molecule has 1 amide bonds. The number of pyridine rings is 1. The van der Waals surface area contributed by atoms with Crippen molar-refractivity contribution >= 4 is 28.5 Å². The predicted octanol–water partition coefficient (Wildman–Crippen LogP) is 2.44. The molecule has 1 aliphatic rings. The van der Waals surface area contributed by atoms with Crippen LogP contribution in [0.3, 0.4) is 0 Å². The zero-order valence-electron chi connectivity index (χ0n) is 16.4. The first-order chi connectivity index (χ1) is 14.7. The molecule has 3 heterocycles. The van der Waals surface area contributed by atoms with Gasteiger partial charge in [0.05, 0.1) is 23.1 Å². The second-order valence-corrected chi connectivity index (χ2v) is 6.83. The van der Waals surface area contributed by atoms with Gasteiger partial charge in [-0.1, -0.05) is 17.3 Å². The smallest absolute Gasteiger partial charge is 0.282 e. The number of carbonyl (C=O) groups is 1. The summed E-state index contributed by atoms with van der Waals surface area (Å²) in [5.41, 5.74) is 2.46. The van der Waals surface area contributed by atoms with Crippen LogP contribution >= 0.6 is 0 Å². The highest BCUT2D eigenvalue weighted by Crippen LogP contribution is 2.29. The normalized spacial score (nSPS) is 14.7. The molecule has 9 heteroatoms. The van der Waals surface area contributed by atoms with Crippen molar-refractivity contribution in [2.75, 3.05) is 24.8 Å². The summed E-state index contributed by atoms with van der Waals surface area (Å²) >= 11 is 0. The molecule has 0 saturated heterocycles. The van der Waals surface area contributed by atoms with Crippen molar-refractivity contribution < 1.29 is 19.1 Å². The quantitative estimate of drug-likeness (QED) is 0.431. The van der Waals surface area contributed by atoms with Crippen molar-refractivity contribution in [2.24, 2.45) is 5.16 Å². The number of carbonyl (C=O) groups excluding carboxylic acids is 1. The molecule has 0 radical (unpaired) electrons. The van der Waals surface area contributed by atoms with Crippen LogP contribution in [-0.2, 0) is 22.7 Å². The molecule has 0 atom stereocenters. The summed E-state index contributed by atoms with van der Waals surface area (Å²) in [5.74, 6) is 0.820. The minimum absolute atomic E-state index is 0.106. The number of hydrogen-bond donors (Lipinski definition) is 1. The minimum Gasteiger partial charge on any atom is -0.396 e. The number of fused-ring (bicyclic) bond motifs is 2. The van der Waals surface area contributed by atoms with E-state index in [1.807, 2.05) is 24.3 Å². The van der Waals surface area contributed by atoms with E-state index in [4.69, 9.17) is 14.9 Å². The van der Waals surface area contributed by atoms with Gasteiger partial charge in [0, 0.05) is 19.3 Å². The van der Waals surface area contributed by atoms with E-state index in [9.17, 15) is 9.18 Å². The summed E-state index contributed by atoms with van der Waals surface area (Å²) in [6, 6.07) is 11.2. The van der Waals surface area contributed by atoms with Gasteiger partial charge in [0.25, 0.3) is 5.91 Å². The van der Waals surface area contributed by atoms with Gasteiger partial charge in [-0.15, -0.1) is 0 Å². The standard InChI is InChI=1S/C21H22FN5O3/c22-9-13-30-25-19-15-6-5-10-23-20(15)27(21(19)29)14-18-24-16-7-1-2-8-17(16)26(18)11-3-4-12-28/h1-2,5-8,10,28H,3-4,9,11-14H2. The zero-order valence-corrected chi connectivity index (χ0v) is 16.4. The number of imidazole rings is 1. The molecule has 0 saturated carbocycles. The Balaban J connectivity index is 1.68. The summed E-state index contributed by atoms with van der Waals surface area (Å²) in [5, 5.41) is 13.0. The highest BCUT2D eigenvalue weighted by molar-refractivity contribution is 6.53. The van der Waals surface area contributed by atoms with Crippen molar-refractivity contribution in [3.63, 3.8) is 0 Å². The van der Waals surface area contributed by atoms with Crippen molar-refractivity contribution in [2.45, 2.75) is 25.9 Å². The van der Waals surface area contributed by atoms with E-state index < -0.39 is 6.67 Å². The van der Waals surface area contributed by atoms with Crippen LogP contribution in [0, 0.1) is 0 Å². The average molecular weight is 411 g/mol. The molecular weight excluding hydrogens is 389 g/mol. The molecule has 4 rings (SSSR count). The van der Waals surface area contributed by atoms with Gasteiger partial charge < -0.3 is 14.5 Å². The van der Waals surface area contributed by atoms with Gasteiger partial charge >= 0.3 is 0 Å². The maximum atomic E-state index is 13.1. The van der Waals surface area contributed by atoms with Gasteiger partial charge in [0.1, 0.15) is 24.9 Å². The molecular formula is C21H22FN5O3. The lowest BCUT2D eigenvalue weighted by Crippen LogP contribution is -2.31. The third kappa shape index (κ3) is 3.76. The molecule has 156 valence electrons. The Kier molecular flexibility index (Phi) is 5.99. The molecule has 1 aromatic carbocycles. The van der Waals surface area contributed by atoms with Gasteiger partial charge in [-0.05, 0) is 37.1 Å². The number of unbranched alkanes of at least 4 members (excludes halogenated alkanes) is 1. The van der Waals surface area contributed by atoms with Crippen LogP contribution in [-0.4, -0.2) is 51.1 Å². The third-order valence-corrected chi connectivity index (χ3v) is 4.89. The summed E-state index contributed by atoms with van der Waals surface area (Å²) in [6.07, 6.45) is 3.08. The number of aliphatic hydroxyl groups excluding tert-OH is 1. The second-order valence-electron chi connectivity index (χ2n) is 6.83. The number of aryl methyl sites for hydroxylation is 1. The Labute approximate surface area is 172 Å². The Bertz CT molecular complexity index is 1080. The lowest BCUT2D eigenvalue weighted by molar-refractivity contribution is -0.112. The van der Waals surface area contributed by atoms with Gasteiger partial charge in [-0.3, -0.25) is 9.69 Å². The predicted molar refractivity (Wildman–Crippen MR) is 110 cm³/mol. The highest BCUT2D eigenvalue weighted by Gasteiger charge is 2.36. The summed E-state index contributed by atoms with van der Waals surface area (Å²) < 4.78 is 14.4.